The molecule has 0 N–H and O–H groups in total. The Labute approximate surface area is 94.8 Å². The Hall–Kier alpha value is -1.86. The molecule has 3 rings (SSSR count). The molecule has 0 aliphatic heterocycles. The van der Waals surface area contributed by atoms with Crippen molar-refractivity contribution in [2.75, 3.05) is 0 Å². The lowest BCUT2D eigenvalue weighted by molar-refractivity contribution is 0.607. The number of rotatable bonds is 0. The highest BCUT2D eigenvalue weighted by molar-refractivity contribution is 7.00. The van der Waals surface area contributed by atoms with Gasteiger partial charge in [-0.2, -0.15) is 0 Å². The minimum atomic E-state index is 0.999. The van der Waals surface area contributed by atoms with Crippen molar-refractivity contribution in [1.82, 2.24) is 9.97 Å². The molecule has 3 aromatic rings. The SMILES string of the molecule is O=[P].c1cnc2c(c1)ccc1ncccc12. The van der Waals surface area contributed by atoms with Crippen molar-refractivity contribution in [3.63, 3.8) is 0 Å². The van der Waals surface area contributed by atoms with Crippen molar-refractivity contribution in [2.24, 2.45) is 0 Å². The highest BCUT2D eigenvalue weighted by Gasteiger charge is 1.99. The summed E-state index contributed by atoms with van der Waals surface area (Å²) in [5, 5.41) is 2.28. The molecule has 1 aromatic carbocycles. The molecule has 16 heavy (non-hydrogen) atoms. The zero-order valence-corrected chi connectivity index (χ0v) is 9.26. The van der Waals surface area contributed by atoms with Gasteiger partial charge in [-0.15, -0.1) is 0 Å². The minimum Gasteiger partial charge on any atom is -0.261 e. The molecule has 77 valence electrons. The molecular formula is C12H8N2OP. The van der Waals surface area contributed by atoms with Gasteiger partial charge in [0.05, 0.1) is 11.0 Å². The topological polar surface area (TPSA) is 42.9 Å². The predicted octanol–water partition coefficient (Wildman–Crippen LogP) is 3.53. The maximum Gasteiger partial charge on any atom is 0.261 e. The van der Waals surface area contributed by atoms with E-state index in [0.717, 1.165) is 21.8 Å². The molecule has 0 saturated heterocycles. The van der Waals surface area contributed by atoms with E-state index in [9.17, 15) is 0 Å². The number of aromatic nitrogens is 2. The first kappa shape index (κ1) is 10.7. The van der Waals surface area contributed by atoms with Crippen LogP contribution in [-0.2, 0) is 4.57 Å². The molecule has 0 bridgehead atoms. The number of nitrogens with zero attached hydrogens (tertiary/aromatic N) is 2. The Balaban J connectivity index is 0.000000457. The predicted molar refractivity (Wildman–Crippen MR) is 64.7 cm³/mol. The third-order valence-corrected chi connectivity index (χ3v) is 2.35. The van der Waals surface area contributed by atoms with Crippen LogP contribution < -0.4 is 0 Å². The van der Waals surface area contributed by atoms with Gasteiger partial charge in [-0.05, 0) is 24.3 Å². The third kappa shape index (κ3) is 1.77. The molecule has 0 aliphatic rings. The van der Waals surface area contributed by atoms with Crippen LogP contribution in [-0.4, -0.2) is 9.97 Å². The first-order chi connectivity index (χ1) is 7.95. The molecule has 0 fully saturated rings. The van der Waals surface area contributed by atoms with Crippen molar-refractivity contribution in [1.29, 1.82) is 0 Å². The van der Waals surface area contributed by atoms with E-state index in [1.165, 1.54) is 0 Å². The van der Waals surface area contributed by atoms with Gasteiger partial charge >= 0.3 is 0 Å². The normalized spacial score (nSPS) is 9.75. The monoisotopic (exact) mass is 227 g/mol. The van der Waals surface area contributed by atoms with Gasteiger partial charge in [-0.25, -0.2) is 0 Å². The molecule has 4 heteroatoms. The molecule has 0 atom stereocenters. The second kappa shape index (κ2) is 4.77. The van der Waals surface area contributed by atoms with E-state index in [4.69, 9.17) is 4.57 Å². The number of benzene rings is 1. The Morgan fingerprint density at radius 1 is 0.875 bits per heavy atom. The van der Waals surface area contributed by atoms with Crippen LogP contribution in [0.2, 0.25) is 0 Å². The van der Waals surface area contributed by atoms with Gasteiger partial charge in [0, 0.05) is 23.2 Å². The van der Waals surface area contributed by atoms with Crippen molar-refractivity contribution < 1.29 is 4.57 Å². The van der Waals surface area contributed by atoms with E-state index in [-0.39, 0.29) is 0 Å². The second-order valence-corrected chi connectivity index (χ2v) is 3.21. The maximum atomic E-state index is 7.94. The minimum absolute atomic E-state index is 0.999. The van der Waals surface area contributed by atoms with Crippen molar-refractivity contribution >= 4 is 30.9 Å². The summed E-state index contributed by atoms with van der Waals surface area (Å²) in [4.78, 5) is 8.66. The largest absolute Gasteiger partial charge is 0.261 e. The van der Waals surface area contributed by atoms with Crippen LogP contribution in [0.1, 0.15) is 0 Å². The Morgan fingerprint density at radius 3 is 2.50 bits per heavy atom. The number of hydrogen-bond donors (Lipinski definition) is 0. The first-order valence-corrected chi connectivity index (χ1v) is 5.08. The van der Waals surface area contributed by atoms with Gasteiger partial charge in [0.2, 0.25) is 0 Å². The zero-order chi connectivity index (χ0) is 11.4. The molecule has 2 heterocycles. The Morgan fingerprint density at radius 2 is 1.62 bits per heavy atom. The maximum absolute atomic E-state index is 7.94. The fourth-order valence-electron chi connectivity index (χ4n) is 1.70. The van der Waals surface area contributed by atoms with E-state index in [2.05, 4.69) is 37.3 Å². The van der Waals surface area contributed by atoms with Crippen LogP contribution in [0.4, 0.5) is 0 Å². The highest BCUT2D eigenvalue weighted by atomic mass is 31.0. The average Bonchev–Trinajstić information content (AvgIpc) is 2.41. The zero-order valence-electron chi connectivity index (χ0n) is 8.37. The first-order valence-electron chi connectivity index (χ1n) is 4.72. The standard InChI is InChI=1S/C12H8N2.OP/c1-3-9-5-6-11-10(4-2-7-13-11)12(9)14-8-1;1-2/h1-8H;. The third-order valence-electron chi connectivity index (χ3n) is 2.35. The van der Waals surface area contributed by atoms with Gasteiger partial charge in [0.1, 0.15) is 0 Å². The summed E-state index contributed by atoms with van der Waals surface area (Å²) in [6.07, 6.45) is 3.62. The van der Waals surface area contributed by atoms with E-state index in [1.54, 1.807) is 6.20 Å². The molecule has 0 saturated carbocycles. The number of hydrogen-bond acceptors (Lipinski definition) is 3. The lowest BCUT2D eigenvalue weighted by Gasteiger charge is -2.00. The lowest BCUT2D eigenvalue weighted by Crippen LogP contribution is -1.82. The Kier molecular flexibility index (Phi) is 3.18. The van der Waals surface area contributed by atoms with Crippen LogP contribution in [0.25, 0.3) is 21.8 Å². The van der Waals surface area contributed by atoms with Gasteiger partial charge < -0.3 is 0 Å². The van der Waals surface area contributed by atoms with Crippen LogP contribution in [0.3, 0.4) is 0 Å². The molecule has 0 amide bonds. The Bertz CT molecular complexity index is 572. The molecule has 0 aliphatic carbocycles. The summed E-state index contributed by atoms with van der Waals surface area (Å²) in [6, 6.07) is 12.1. The fraction of sp³-hybridized carbons (Fsp3) is 0. The molecule has 0 unspecified atom stereocenters. The van der Waals surface area contributed by atoms with E-state index in [0.29, 0.717) is 0 Å². The highest BCUT2D eigenvalue weighted by Crippen LogP contribution is 2.20. The molecule has 2 aromatic heterocycles. The summed E-state index contributed by atoms with van der Waals surface area (Å²) in [5.41, 5.74) is 2.02. The van der Waals surface area contributed by atoms with E-state index >= 15 is 0 Å². The van der Waals surface area contributed by atoms with Gasteiger partial charge in [-0.1, -0.05) is 12.1 Å². The van der Waals surface area contributed by atoms with Gasteiger partial charge in [-0.3, -0.25) is 14.5 Å². The van der Waals surface area contributed by atoms with Gasteiger partial charge in [0.25, 0.3) is 9.12 Å². The van der Waals surface area contributed by atoms with E-state index < -0.39 is 0 Å². The van der Waals surface area contributed by atoms with Crippen molar-refractivity contribution in [2.45, 2.75) is 0 Å². The number of fused-ring (bicyclic) bond motifs is 3. The van der Waals surface area contributed by atoms with E-state index in [1.807, 2.05) is 24.4 Å². The molecular weight excluding hydrogens is 219 g/mol. The summed E-state index contributed by atoms with van der Waals surface area (Å²) in [6.45, 7) is 0. The summed E-state index contributed by atoms with van der Waals surface area (Å²) < 4.78 is 7.94. The van der Waals surface area contributed by atoms with Gasteiger partial charge in [0.15, 0.2) is 0 Å². The molecule has 0 spiro atoms. The van der Waals surface area contributed by atoms with Crippen LogP contribution in [0.5, 0.6) is 0 Å². The summed E-state index contributed by atoms with van der Waals surface area (Å²) in [7, 11) is 2.28. The average molecular weight is 227 g/mol. The van der Waals surface area contributed by atoms with Crippen LogP contribution >= 0.6 is 9.12 Å². The number of pyridine rings is 2. The second-order valence-electron chi connectivity index (χ2n) is 3.21. The summed E-state index contributed by atoms with van der Waals surface area (Å²) in [5.74, 6) is 0. The smallest absolute Gasteiger partial charge is 0.261 e. The lowest BCUT2D eigenvalue weighted by atomic mass is 10.1. The molecule has 3 nitrogen and oxygen atoms in total. The van der Waals surface area contributed by atoms with Crippen molar-refractivity contribution in [3.8, 4) is 0 Å². The summed E-state index contributed by atoms with van der Waals surface area (Å²) >= 11 is 0. The van der Waals surface area contributed by atoms with Crippen LogP contribution in [0.15, 0.2) is 48.8 Å². The fourth-order valence-corrected chi connectivity index (χ4v) is 1.70. The van der Waals surface area contributed by atoms with Crippen molar-refractivity contribution in [3.05, 3.63) is 48.8 Å². The quantitative estimate of drug-likeness (QED) is 0.436. The van der Waals surface area contributed by atoms with Crippen LogP contribution in [0, 0.1) is 0 Å². The molecule has 1 radical (unpaired) electrons.